The van der Waals surface area contributed by atoms with Gasteiger partial charge in [0.05, 0.1) is 20.1 Å². The van der Waals surface area contributed by atoms with Crippen LogP contribution in [0.1, 0.15) is 11.5 Å². The van der Waals surface area contributed by atoms with Crippen molar-refractivity contribution in [2.24, 2.45) is 0 Å². The quantitative estimate of drug-likeness (QED) is 0.181. The third-order valence-corrected chi connectivity index (χ3v) is 5.54. The molecule has 0 aliphatic heterocycles. The van der Waals surface area contributed by atoms with Gasteiger partial charge in [-0.05, 0) is 42.0 Å². The zero-order chi connectivity index (χ0) is 23.6. The Morgan fingerprint density at radius 2 is 1.09 bits per heavy atom. The summed E-state index contributed by atoms with van der Waals surface area (Å²) in [7, 11) is 0. The standard InChI is InChI=1S/C21H9Cl6FO4/c22-10-5-13(24)18(14(25)6-10)31-20(29)17(9-2-1-3-12(28)4-9)21(30)32-19-15(26)7-11(23)8-16(19)27/h1-8,17H. The van der Waals surface area contributed by atoms with Crippen molar-refractivity contribution in [2.75, 3.05) is 0 Å². The van der Waals surface area contributed by atoms with Crippen molar-refractivity contribution in [3.8, 4) is 11.5 Å². The van der Waals surface area contributed by atoms with Gasteiger partial charge < -0.3 is 9.47 Å². The van der Waals surface area contributed by atoms with Gasteiger partial charge in [-0.15, -0.1) is 0 Å². The fourth-order valence-corrected chi connectivity index (χ4v) is 4.41. The van der Waals surface area contributed by atoms with E-state index in [9.17, 15) is 14.0 Å². The predicted molar refractivity (Wildman–Crippen MR) is 123 cm³/mol. The Kier molecular flexibility index (Phi) is 8.15. The van der Waals surface area contributed by atoms with Gasteiger partial charge in [0.15, 0.2) is 17.4 Å². The highest BCUT2D eigenvalue weighted by molar-refractivity contribution is 6.41. The first-order valence-electron chi connectivity index (χ1n) is 8.54. The number of halogens is 7. The van der Waals surface area contributed by atoms with E-state index in [0.717, 1.165) is 12.1 Å². The van der Waals surface area contributed by atoms with E-state index in [1.807, 2.05) is 0 Å². The maximum atomic E-state index is 13.8. The molecule has 0 aliphatic rings. The maximum Gasteiger partial charge on any atom is 0.330 e. The molecule has 0 aromatic heterocycles. The van der Waals surface area contributed by atoms with Gasteiger partial charge in [0.2, 0.25) is 0 Å². The number of rotatable bonds is 5. The van der Waals surface area contributed by atoms with Crippen LogP contribution in [0, 0.1) is 5.82 Å². The topological polar surface area (TPSA) is 52.6 Å². The SMILES string of the molecule is O=C(Oc1c(Cl)cc(Cl)cc1Cl)C(C(=O)Oc1c(Cl)cc(Cl)cc1Cl)c1cccc(F)c1. The Morgan fingerprint density at radius 1 is 0.688 bits per heavy atom. The van der Waals surface area contributed by atoms with Crippen molar-refractivity contribution < 1.29 is 23.5 Å². The first kappa shape index (κ1) is 24.9. The fraction of sp³-hybridized carbons (Fsp3) is 0.0476. The van der Waals surface area contributed by atoms with E-state index in [0.29, 0.717) is 0 Å². The minimum absolute atomic E-state index is 0.0533. The number of carbonyl (C=O) groups excluding carboxylic acids is 2. The van der Waals surface area contributed by atoms with E-state index in [-0.39, 0.29) is 47.2 Å². The summed E-state index contributed by atoms with van der Waals surface area (Å²) >= 11 is 35.9. The maximum absolute atomic E-state index is 13.8. The van der Waals surface area contributed by atoms with Crippen LogP contribution in [-0.2, 0) is 9.59 Å². The number of ether oxygens (including phenoxy) is 2. The zero-order valence-electron chi connectivity index (χ0n) is 15.5. The van der Waals surface area contributed by atoms with Crippen LogP contribution in [0.15, 0.2) is 48.5 Å². The monoisotopic (exact) mass is 554 g/mol. The Bertz CT molecular complexity index is 1100. The number of hydrogen-bond donors (Lipinski definition) is 0. The summed E-state index contributed by atoms with van der Waals surface area (Å²) in [6.07, 6.45) is 0. The lowest BCUT2D eigenvalue weighted by Crippen LogP contribution is -2.30. The molecule has 0 heterocycles. The van der Waals surface area contributed by atoms with E-state index >= 15 is 0 Å². The number of benzene rings is 3. The Balaban J connectivity index is 1.99. The van der Waals surface area contributed by atoms with E-state index in [1.165, 1.54) is 36.4 Å². The summed E-state index contributed by atoms with van der Waals surface area (Å²) in [5, 5.41) is 0.0924. The molecule has 3 aromatic carbocycles. The zero-order valence-corrected chi connectivity index (χ0v) is 20.0. The van der Waals surface area contributed by atoms with Crippen molar-refractivity contribution in [3.63, 3.8) is 0 Å². The highest BCUT2D eigenvalue weighted by Crippen LogP contribution is 2.39. The lowest BCUT2D eigenvalue weighted by Gasteiger charge is -2.17. The summed E-state index contributed by atoms with van der Waals surface area (Å²) < 4.78 is 24.3. The van der Waals surface area contributed by atoms with Crippen molar-refractivity contribution in [1.29, 1.82) is 0 Å². The molecule has 0 unspecified atom stereocenters. The van der Waals surface area contributed by atoms with Crippen LogP contribution in [0.2, 0.25) is 30.1 Å². The second-order valence-corrected chi connectivity index (χ2v) is 8.73. The molecule has 0 spiro atoms. The molecule has 0 aliphatic carbocycles. The minimum Gasteiger partial charge on any atom is -0.422 e. The molecule has 0 radical (unpaired) electrons. The highest BCUT2D eigenvalue weighted by Gasteiger charge is 2.34. The van der Waals surface area contributed by atoms with Crippen molar-refractivity contribution >= 4 is 81.5 Å². The predicted octanol–water partition coefficient (Wildman–Crippen LogP) is 8.04. The van der Waals surface area contributed by atoms with Gasteiger partial charge in [-0.1, -0.05) is 81.7 Å². The molecular formula is C21H9Cl6FO4. The van der Waals surface area contributed by atoms with Gasteiger partial charge in [0.1, 0.15) is 5.82 Å². The van der Waals surface area contributed by atoms with E-state index in [2.05, 4.69) is 0 Å². The molecule has 3 aromatic rings. The molecule has 0 atom stereocenters. The molecule has 11 heteroatoms. The second-order valence-electron chi connectivity index (χ2n) is 6.23. The molecule has 4 nitrogen and oxygen atoms in total. The molecule has 3 rings (SSSR count). The van der Waals surface area contributed by atoms with Crippen molar-refractivity contribution in [3.05, 3.63) is 90.0 Å². The van der Waals surface area contributed by atoms with Crippen LogP contribution in [0.25, 0.3) is 0 Å². The largest absolute Gasteiger partial charge is 0.422 e. The van der Waals surface area contributed by atoms with Crippen LogP contribution in [-0.4, -0.2) is 11.9 Å². The third kappa shape index (κ3) is 5.79. The summed E-state index contributed by atoms with van der Waals surface area (Å²) in [6, 6.07) is 9.93. The first-order chi connectivity index (χ1) is 15.1. The van der Waals surface area contributed by atoms with Crippen molar-refractivity contribution in [1.82, 2.24) is 0 Å². The summed E-state index contributed by atoms with van der Waals surface area (Å²) in [5.74, 6) is -5.20. The van der Waals surface area contributed by atoms with Gasteiger partial charge in [-0.2, -0.15) is 0 Å². The van der Waals surface area contributed by atoms with E-state index in [1.54, 1.807) is 0 Å². The minimum atomic E-state index is -1.74. The molecule has 32 heavy (non-hydrogen) atoms. The molecular weight excluding hydrogens is 548 g/mol. The van der Waals surface area contributed by atoms with E-state index in [4.69, 9.17) is 79.1 Å². The van der Waals surface area contributed by atoms with Crippen molar-refractivity contribution in [2.45, 2.75) is 5.92 Å². The van der Waals surface area contributed by atoms with Gasteiger partial charge in [-0.25, -0.2) is 4.39 Å². The first-order valence-corrected chi connectivity index (χ1v) is 10.8. The van der Waals surface area contributed by atoms with Crippen LogP contribution < -0.4 is 9.47 Å². The fourth-order valence-electron chi connectivity index (χ4n) is 2.63. The molecule has 166 valence electrons. The molecule has 0 fully saturated rings. The van der Waals surface area contributed by atoms with Gasteiger partial charge >= 0.3 is 11.9 Å². The lowest BCUT2D eigenvalue weighted by atomic mass is 9.99. The summed E-state index contributed by atoms with van der Waals surface area (Å²) in [4.78, 5) is 26.0. The second kappa shape index (κ2) is 10.5. The molecule has 0 amide bonds. The molecule has 0 saturated heterocycles. The number of carbonyl (C=O) groups is 2. The van der Waals surface area contributed by atoms with Gasteiger partial charge in [-0.3, -0.25) is 9.59 Å². The van der Waals surface area contributed by atoms with Gasteiger partial charge in [0, 0.05) is 10.0 Å². The Hall–Kier alpha value is -1.73. The average molecular weight is 557 g/mol. The summed E-state index contributed by atoms with van der Waals surface area (Å²) in [6.45, 7) is 0. The highest BCUT2D eigenvalue weighted by atomic mass is 35.5. The summed E-state index contributed by atoms with van der Waals surface area (Å²) in [5.41, 5.74) is -0.0533. The third-order valence-electron chi connectivity index (χ3n) is 3.98. The Morgan fingerprint density at radius 3 is 1.47 bits per heavy atom. The normalized spacial score (nSPS) is 10.9. The van der Waals surface area contributed by atoms with Crippen LogP contribution in [0.3, 0.4) is 0 Å². The number of esters is 2. The Labute approximate surface area is 211 Å². The number of hydrogen-bond acceptors (Lipinski definition) is 4. The van der Waals surface area contributed by atoms with Crippen LogP contribution >= 0.6 is 69.6 Å². The molecule has 0 bridgehead atoms. The van der Waals surface area contributed by atoms with Crippen LogP contribution in [0.5, 0.6) is 11.5 Å². The average Bonchev–Trinajstić information content (AvgIpc) is 2.67. The lowest BCUT2D eigenvalue weighted by molar-refractivity contribution is -0.147. The molecule has 0 N–H and O–H groups in total. The smallest absolute Gasteiger partial charge is 0.330 e. The van der Waals surface area contributed by atoms with E-state index < -0.39 is 23.7 Å². The van der Waals surface area contributed by atoms with Gasteiger partial charge in [0.25, 0.3) is 0 Å². The van der Waals surface area contributed by atoms with Crippen LogP contribution in [0.4, 0.5) is 4.39 Å². The molecule has 0 saturated carbocycles.